The molecule has 0 N–H and O–H groups in total. The van der Waals surface area contributed by atoms with E-state index >= 15 is 0 Å². The summed E-state index contributed by atoms with van der Waals surface area (Å²) in [5, 5.41) is 1.31. The number of fused-ring (bicyclic) bond motifs is 1. The second kappa shape index (κ2) is 10.6. The lowest BCUT2D eigenvalue weighted by Gasteiger charge is -2.21. The summed E-state index contributed by atoms with van der Waals surface area (Å²) < 4.78 is 12.1. The fourth-order valence-electron chi connectivity index (χ4n) is 2.90. The largest absolute Gasteiger partial charge is 0.494 e. The van der Waals surface area contributed by atoms with Crippen LogP contribution in [0.3, 0.4) is 0 Å². The van der Waals surface area contributed by atoms with E-state index in [0.29, 0.717) is 29.1 Å². The monoisotopic (exact) mass is 447 g/mol. The molecule has 0 aliphatic rings. The number of thiazole rings is 1. The van der Waals surface area contributed by atoms with Crippen LogP contribution < -0.4 is 14.4 Å². The van der Waals surface area contributed by atoms with Crippen molar-refractivity contribution >= 4 is 44.2 Å². The summed E-state index contributed by atoms with van der Waals surface area (Å²) >= 11 is 7.56. The molecule has 0 bridgehead atoms. The first-order valence-corrected chi connectivity index (χ1v) is 11.0. The van der Waals surface area contributed by atoms with Crippen LogP contribution in [0.15, 0.2) is 42.5 Å². The molecule has 0 unspecified atom stereocenters. The Kier molecular flexibility index (Phi) is 7.90. The molecule has 0 fully saturated rings. The summed E-state index contributed by atoms with van der Waals surface area (Å²) in [6.45, 7) is 3.92. The molecule has 1 amide bonds. The summed E-state index contributed by atoms with van der Waals surface area (Å²) in [4.78, 5) is 21.4. The van der Waals surface area contributed by atoms with E-state index in [9.17, 15) is 4.79 Å². The number of amides is 1. The van der Waals surface area contributed by atoms with E-state index < -0.39 is 0 Å². The van der Waals surface area contributed by atoms with E-state index in [2.05, 4.69) is 9.88 Å². The summed E-state index contributed by atoms with van der Waals surface area (Å²) in [6.07, 6.45) is 0.832. The number of carbonyl (C=O) groups is 1. The third kappa shape index (κ3) is 6.08. The Morgan fingerprint density at radius 3 is 2.43 bits per heavy atom. The van der Waals surface area contributed by atoms with Crippen molar-refractivity contribution in [3.63, 3.8) is 0 Å². The Bertz CT molecular complexity index is 975. The lowest BCUT2D eigenvalue weighted by molar-refractivity contribution is -0.120. The van der Waals surface area contributed by atoms with Gasteiger partial charge in [0.1, 0.15) is 11.5 Å². The molecule has 160 valence electrons. The average molecular weight is 448 g/mol. The summed E-state index contributed by atoms with van der Waals surface area (Å²) in [7, 11) is 4.03. The molecule has 0 atom stereocenters. The van der Waals surface area contributed by atoms with E-state index in [-0.39, 0.29) is 12.5 Å². The summed E-state index contributed by atoms with van der Waals surface area (Å²) in [6, 6.07) is 12.8. The number of benzene rings is 2. The molecule has 0 aliphatic heterocycles. The SMILES string of the molecule is CCOc1ccc(OCC(=O)N(CCCN(C)C)c2nc3ccc(Cl)cc3s2)cc1. The first-order valence-electron chi connectivity index (χ1n) is 9.83. The van der Waals surface area contributed by atoms with Gasteiger partial charge in [-0.2, -0.15) is 0 Å². The smallest absolute Gasteiger partial charge is 0.266 e. The van der Waals surface area contributed by atoms with Crippen LogP contribution >= 0.6 is 22.9 Å². The van der Waals surface area contributed by atoms with Crippen LogP contribution in [0.25, 0.3) is 10.2 Å². The van der Waals surface area contributed by atoms with E-state index in [1.165, 1.54) is 11.3 Å². The second-order valence-electron chi connectivity index (χ2n) is 7.00. The van der Waals surface area contributed by atoms with E-state index in [0.717, 1.165) is 28.9 Å². The van der Waals surface area contributed by atoms with Crippen LogP contribution in [0.5, 0.6) is 11.5 Å². The van der Waals surface area contributed by atoms with Gasteiger partial charge in [-0.15, -0.1) is 0 Å². The second-order valence-corrected chi connectivity index (χ2v) is 8.45. The van der Waals surface area contributed by atoms with Gasteiger partial charge in [0.25, 0.3) is 5.91 Å². The fourth-order valence-corrected chi connectivity index (χ4v) is 4.18. The maximum atomic E-state index is 13.0. The highest BCUT2D eigenvalue weighted by Gasteiger charge is 2.20. The number of anilines is 1. The third-order valence-corrected chi connectivity index (χ3v) is 5.63. The number of halogens is 1. The predicted octanol–water partition coefficient (Wildman–Crippen LogP) is 4.71. The molecule has 0 aliphatic carbocycles. The van der Waals surface area contributed by atoms with Crippen LogP contribution in [0, 0.1) is 0 Å². The number of rotatable bonds is 10. The standard InChI is InChI=1S/C22H26ClN3O3S/c1-4-28-17-7-9-18(10-8-17)29-15-21(27)26(13-5-12-25(2)3)22-24-19-11-6-16(23)14-20(19)30-22/h6-11,14H,4-5,12-13,15H2,1-3H3. The van der Waals surface area contributed by atoms with Crippen molar-refractivity contribution in [2.45, 2.75) is 13.3 Å². The summed E-state index contributed by atoms with van der Waals surface area (Å²) in [5.41, 5.74) is 0.831. The molecule has 1 aromatic heterocycles. The number of hydrogen-bond donors (Lipinski definition) is 0. The predicted molar refractivity (Wildman–Crippen MR) is 123 cm³/mol. The number of ether oxygens (including phenoxy) is 2. The zero-order valence-electron chi connectivity index (χ0n) is 17.4. The van der Waals surface area contributed by atoms with Crippen molar-refractivity contribution in [2.24, 2.45) is 0 Å². The van der Waals surface area contributed by atoms with E-state index in [1.54, 1.807) is 23.1 Å². The van der Waals surface area contributed by atoms with Gasteiger partial charge in [0.15, 0.2) is 11.7 Å². The zero-order valence-corrected chi connectivity index (χ0v) is 19.0. The van der Waals surface area contributed by atoms with Crippen LogP contribution in [0.4, 0.5) is 5.13 Å². The van der Waals surface area contributed by atoms with Crippen LogP contribution in [0.1, 0.15) is 13.3 Å². The Hall–Kier alpha value is -2.35. The minimum atomic E-state index is -0.132. The van der Waals surface area contributed by atoms with Gasteiger partial charge in [-0.3, -0.25) is 9.69 Å². The third-order valence-electron chi connectivity index (χ3n) is 4.36. The van der Waals surface area contributed by atoms with E-state index in [1.807, 2.05) is 45.3 Å². The van der Waals surface area contributed by atoms with Crippen molar-refractivity contribution in [2.75, 3.05) is 45.3 Å². The maximum absolute atomic E-state index is 13.0. The molecule has 3 rings (SSSR count). The van der Waals surface area contributed by atoms with Gasteiger partial charge in [0.05, 0.1) is 16.8 Å². The van der Waals surface area contributed by atoms with Crippen LogP contribution in [-0.4, -0.2) is 56.2 Å². The minimum Gasteiger partial charge on any atom is -0.494 e. The molecule has 2 aromatic carbocycles. The van der Waals surface area contributed by atoms with Crippen molar-refractivity contribution in [3.05, 3.63) is 47.5 Å². The quantitative estimate of drug-likeness (QED) is 0.450. The molecule has 30 heavy (non-hydrogen) atoms. The highest BCUT2D eigenvalue weighted by Crippen LogP contribution is 2.31. The normalized spacial score (nSPS) is 11.1. The number of carbonyl (C=O) groups excluding carboxylic acids is 1. The first kappa shape index (κ1) is 22.3. The van der Waals surface area contributed by atoms with Gasteiger partial charge in [0, 0.05) is 11.6 Å². The van der Waals surface area contributed by atoms with Gasteiger partial charge in [0.2, 0.25) is 0 Å². The Labute approximate surface area is 186 Å². The van der Waals surface area contributed by atoms with Crippen molar-refractivity contribution in [1.29, 1.82) is 0 Å². The highest BCUT2D eigenvalue weighted by atomic mass is 35.5. The van der Waals surface area contributed by atoms with Crippen LogP contribution in [-0.2, 0) is 4.79 Å². The molecule has 0 saturated heterocycles. The van der Waals surface area contributed by atoms with Gasteiger partial charge in [-0.1, -0.05) is 22.9 Å². The van der Waals surface area contributed by atoms with Gasteiger partial charge in [-0.25, -0.2) is 4.98 Å². The topological polar surface area (TPSA) is 54.9 Å². The van der Waals surface area contributed by atoms with Crippen molar-refractivity contribution < 1.29 is 14.3 Å². The Balaban J connectivity index is 1.72. The Morgan fingerprint density at radius 1 is 1.07 bits per heavy atom. The number of aromatic nitrogens is 1. The zero-order chi connectivity index (χ0) is 21.5. The molecule has 3 aromatic rings. The molecule has 0 spiro atoms. The lowest BCUT2D eigenvalue weighted by atomic mass is 10.3. The summed E-state index contributed by atoms with van der Waals surface area (Å²) in [5.74, 6) is 1.26. The lowest BCUT2D eigenvalue weighted by Crippen LogP contribution is -2.36. The van der Waals surface area contributed by atoms with Gasteiger partial charge < -0.3 is 14.4 Å². The minimum absolute atomic E-state index is 0.0629. The number of hydrogen-bond acceptors (Lipinski definition) is 6. The van der Waals surface area contributed by atoms with Crippen molar-refractivity contribution in [3.8, 4) is 11.5 Å². The number of nitrogens with zero attached hydrogens (tertiary/aromatic N) is 3. The van der Waals surface area contributed by atoms with Crippen molar-refractivity contribution in [1.82, 2.24) is 9.88 Å². The molecular weight excluding hydrogens is 422 g/mol. The highest BCUT2D eigenvalue weighted by molar-refractivity contribution is 7.22. The fraction of sp³-hybridized carbons (Fsp3) is 0.364. The first-order chi connectivity index (χ1) is 14.5. The average Bonchev–Trinajstić information content (AvgIpc) is 3.13. The molecule has 8 heteroatoms. The maximum Gasteiger partial charge on any atom is 0.266 e. The molecule has 0 radical (unpaired) electrons. The van der Waals surface area contributed by atoms with Gasteiger partial charge in [-0.05, 0) is 76.4 Å². The van der Waals surface area contributed by atoms with Crippen LogP contribution in [0.2, 0.25) is 5.02 Å². The molecule has 6 nitrogen and oxygen atoms in total. The molecular formula is C22H26ClN3O3S. The molecule has 0 saturated carbocycles. The molecule has 1 heterocycles. The Morgan fingerprint density at radius 2 is 1.77 bits per heavy atom. The van der Waals surface area contributed by atoms with Gasteiger partial charge >= 0.3 is 0 Å². The van der Waals surface area contributed by atoms with E-state index in [4.69, 9.17) is 21.1 Å².